The summed E-state index contributed by atoms with van der Waals surface area (Å²) in [6.07, 6.45) is -0.0619. The maximum absolute atomic E-state index is 12.0. The van der Waals surface area contributed by atoms with Gasteiger partial charge in [-0.05, 0) is 12.1 Å². The Morgan fingerprint density at radius 3 is 2.47 bits per heavy atom. The van der Waals surface area contributed by atoms with Crippen molar-refractivity contribution < 1.29 is 13.2 Å². The number of rotatable bonds is 3. The van der Waals surface area contributed by atoms with Crippen LogP contribution in [0.4, 0.5) is 11.4 Å². The van der Waals surface area contributed by atoms with Crippen molar-refractivity contribution in [3.05, 3.63) is 24.3 Å². The second-order valence-electron chi connectivity index (χ2n) is 4.69. The molecular formula is C12H15ClN2O3S. The molecule has 1 aliphatic rings. The molecule has 1 fully saturated rings. The molecule has 104 valence electrons. The lowest BCUT2D eigenvalue weighted by molar-refractivity contribution is -0.117. The summed E-state index contributed by atoms with van der Waals surface area (Å²) in [6.45, 7) is 0.107. The number of hydrogen-bond acceptors (Lipinski definition) is 4. The Morgan fingerprint density at radius 1 is 1.32 bits per heavy atom. The van der Waals surface area contributed by atoms with Gasteiger partial charge >= 0.3 is 0 Å². The van der Waals surface area contributed by atoms with E-state index in [9.17, 15) is 13.2 Å². The predicted octanol–water partition coefficient (Wildman–Crippen LogP) is 1.43. The SMILES string of the molecule is CN(C)c1ccccc1N1CC(S(=O)(=O)Cl)CC1=O. The van der Waals surface area contributed by atoms with Crippen molar-refractivity contribution in [2.45, 2.75) is 11.7 Å². The fraction of sp³-hybridized carbons (Fsp3) is 0.417. The zero-order chi connectivity index (χ0) is 14.2. The van der Waals surface area contributed by atoms with Crippen LogP contribution in [0.3, 0.4) is 0 Å². The van der Waals surface area contributed by atoms with E-state index < -0.39 is 14.3 Å². The molecule has 0 aromatic heterocycles. The quantitative estimate of drug-likeness (QED) is 0.793. The largest absolute Gasteiger partial charge is 0.376 e. The molecule has 0 N–H and O–H groups in total. The van der Waals surface area contributed by atoms with E-state index in [-0.39, 0.29) is 18.9 Å². The zero-order valence-corrected chi connectivity index (χ0v) is 12.3. The van der Waals surface area contributed by atoms with Crippen molar-refractivity contribution in [2.75, 3.05) is 30.4 Å². The molecule has 1 atom stereocenters. The summed E-state index contributed by atoms with van der Waals surface area (Å²) < 4.78 is 22.7. The number of halogens is 1. The molecule has 1 aromatic carbocycles. The summed E-state index contributed by atoms with van der Waals surface area (Å²) in [7, 11) is 5.37. The van der Waals surface area contributed by atoms with Crippen LogP contribution < -0.4 is 9.80 Å². The highest BCUT2D eigenvalue weighted by molar-refractivity contribution is 8.14. The summed E-state index contributed by atoms with van der Waals surface area (Å²) in [6, 6.07) is 7.37. The number of amides is 1. The molecule has 1 amide bonds. The first-order valence-corrected chi connectivity index (χ1v) is 8.18. The second-order valence-corrected chi connectivity index (χ2v) is 7.60. The molecular weight excluding hydrogens is 288 g/mol. The molecule has 0 aliphatic carbocycles. The topological polar surface area (TPSA) is 57.7 Å². The summed E-state index contributed by atoms with van der Waals surface area (Å²) in [5.41, 5.74) is 1.57. The van der Waals surface area contributed by atoms with Crippen molar-refractivity contribution >= 4 is 37.0 Å². The van der Waals surface area contributed by atoms with Gasteiger partial charge in [0.1, 0.15) is 5.25 Å². The van der Waals surface area contributed by atoms with E-state index in [1.165, 1.54) is 4.90 Å². The number of carbonyl (C=O) groups is 1. The molecule has 1 unspecified atom stereocenters. The van der Waals surface area contributed by atoms with E-state index in [4.69, 9.17) is 10.7 Å². The Balaban J connectivity index is 2.36. The summed E-state index contributed by atoms with van der Waals surface area (Å²) in [5.74, 6) is -0.219. The minimum atomic E-state index is -3.71. The van der Waals surface area contributed by atoms with E-state index in [1.54, 1.807) is 6.07 Å². The maximum Gasteiger partial charge on any atom is 0.237 e. The van der Waals surface area contributed by atoms with Gasteiger partial charge in [-0.1, -0.05) is 12.1 Å². The second kappa shape index (κ2) is 5.02. The van der Waals surface area contributed by atoms with Gasteiger partial charge in [0, 0.05) is 37.7 Å². The Hall–Kier alpha value is -1.27. The molecule has 5 nitrogen and oxygen atoms in total. The number of nitrogens with zero attached hydrogens (tertiary/aromatic N) is 2. The highest BCUT2D eigenvalue weighted by Gasteiger charge is 2.38. The Kier molecular flexibility index (Phi) is 3.73. The maximum atomic E-state index is 12.0. The van der Waals surface area contributed by atoms with Crippen LogP contribution in [0.2, 0.25) is 0 Å². The van der Waals surface area contributed by atoms with Crippen molar-refractivity contribution in [3.8, 4) is 0 Å². The first-order chi connectivity index (χ1) is 8.80. The van der Waals surface area contributed by atoms with Crippen LogP contribution in [0.25, 0.3) is 0 Å². The minimum absolute atomic E-state index is 0.0619. The van der Waals surface area contributed by atoms with Crippen LogP contribution in [0.15, 0.2) is 24.3 Å². The van der Waals surface area contributed by atoms with Gasteiger partial charge in [-0.3, -0.25) is 4.79 Å². The van der Waals surface area contributed by atoms with Crippen LogP contribution in [0, 0.1) is 0 Å². The van der Waals surface area contributed by atoms with Crippen molar-refractivity contribution in [1.29, 1.82) is 0 Å². The van der Waals surface area contributed by atoms with E-state index in [0.29, 0.717) is 5.69 Å². The molecule has 1 aromatic rings. The number of para-hydroxylation sites is 2. The van der Waals surface area contributed by atoms with Gasteiger partial charge in [0.05, 0.1) is 11.4 Å². The standard InChI is InChI=1S/C12H15ClN2O3S/c1-14(2)10-5-3-4-6-11(10)15-8-9(7-12(15)16)19(13,17)18/h3-6,9H,7-8H2,1-2H3. The molecule has 0 spiro atoms. The summed E-state index contributed by atoms with van der Waals surface area (Å²) in [5, 5.41) is -0.836. The first-order valence-electron chi connectivity index (χ1n) is 5.81. The third-order valence-electron chi connectivity index (χ3n) is 3.14. The highest BCUT2D eigenvalue weighted by Crippen LogP contribution is 2.33. The fourth-order valence-corrected chi connectivity index (χ4v) is 3.19. The molecule has 0 saturated carbocycles. The van der Waals surface area contributed by atoms with E-state index in [0.717, 1.165) is 5.69 Å². The summed E-state index contributed by atoms with van der Waals surface area (Å²) in [4.78, 5) is 15.4. The van der Waals surface area contributed by atoms with Gasteiger partial charge in [-0.15, -0.1) is 0 Å². The number of anilines is 2. The van der Waals surface area contributed by atoms with Crippen molar-refractivity contribution in [2.24, 2.45) is 0 Å². The lowest BCUT2D eigenvalue weighted by atomic mass is 10.2. The van der Waals surface area contributed by atoms with Crippen molar-refractivity contribution in [1.82, 2.24) is 0 Å². The molecule has 0 radical (unpaired) electrons. The van der Waals surface area contributed by atoms with Crippen molar-refractivity contribution in [3.63, 3.8) is 0 Å². The van der Waals surface area contributed by atoms with Gasteiger partial charge in [-0.2, -0.15) is 0 Å². The van der Waals surface area contributed by atoms with Crippen LogP contribution in [-0.4, -0.2) is 40.2 Å². The molecule has 7 heteroatoms. The third-order valence-corrected chi connectivity index (χ3v) is 5.01. The normalized spacial score (nSPS) is 19.8. The average molecular weight is 303 g/mol. The molecule has 1 saturated heterocycles. The van der Waals surface area contributed by atoms with E-state index in [1.807, 2.05) is 37.2 Å². The smallest absolute Gasteiger partial charge is 0.237 e. The molecule has 1 heterocycles. The average Bonchev–Trinajstić information content (AvgIpc) is 2.71. The zero-order valence-electron chi connectivity index (χ0n) is 10.7. The minimum Gasteiger partial charge on any atom is -0.376 e. The fourth-order valence-electron chi connectivity index (χ4n) is 2.17. The van der Waals surface area contributed by atoms with E-state index >= 15 is 0 Å². The van der Waals surface area contributed by atoms with Crippen LogP contribution in [0.1, 0.15) is 6.42 Å². The number of carbonyl (C=O) groups excluding carboxylic acids is 1. The number of hydrogen-bond donors (Lipinski definition) is 0. The van der Waals surface area contributed by atoms with Gasteiger partial charge in [0.25, 0.3) is 0 Å². The Labute approximate surface area is 117 Å². The van der Waals surface area contributed by atoms with Crippen LogP contribution in [0.5, 0.6) is 0 Å². The third kappa shape index (κ3) is 2.84. The summed E-state index contributed by atoms with van der Waals surface area (Å²) >= 11 is 0. The number of benzene rings is 1. The molecule has 19 heavy (non-hydrogen) atoms. The van der Waals surface area contributed by atoms with E-state index in [2.05, 4.69) is 0 Å². The monoisotopic (exact) mass is 302 g/mol. The molecule has 2 rings (SSSR count). The van der Waals surface area contributed by atoms with Gasteiger partial charge in [-0.25, -0.2) is 8.42 Å². The predicted molar refractivity (Wildman–Crippen MR) is 76.3 cm³/mol. The Bertz CT molecular complexity index is 601. The highest BCUT2D eigenvalue weighted by atomic mass is 35.7. The first kappa shape index (κ1) is 14.1. The lowest BCUT2D eigenvalue weighted by Gasteiger charge is -2.23. The lowest BCUT2D eigenvalue weighted by Crippen LogP contribution is -2.28. The van der Waals surface area contributed by atoms with Crippen LogP contribution >= 0.6 is 10.7 Å². The molecule has 0 bridgehead atoms. The van der Waals surface area contributed by atoms with Gasteiger partial charge < -0.3 is 9.80 Å². The van der Waals surface area contributed by atoms with Gasteiger partial charge in [0.2, 0.25) is 15.0 Å². The van der Waals surface area contributed by atoms with Gasteiger partial charge in [0.15, 0.2) is 0 Å². The van der Waals surface area contributed by atoms with Crippen LogP contribution in [-0.2, 0) is 13.8 Å². The molecule has 1 aliphatic heterocycles. The Morgan fingerprint density at radius 2 is 1.95 bits per heavy atom.